The second-order valence-electron chi connectivity index (χ2n) is 6.51. The van der Waals surface area contributed by atoms with Crippen molar-refractivity contribution in [3.8, 4) is 0 Å². The second-order valence-corrected chi connectivity index (χ2v) is 6.51. The van der Waals surface area contributed by atoms with Crippen LogP contribution in [-0.2, 0) is 20.6 Å². The van der Waals surface area contributed by atoms with Crippen molar-refractivity contribution in [2.45, 2.75) is 51.6 Å². The quantitative estimate of drug-likeness (QED) is 0.865. The molecule has 1 N–H and O–H groups in total. The minimum Gasteiger partial charge on any atom is -0.399 e. The lowest BCUT2D eigenvalue weighted by Gasteiger charge is -2.32. The smallest absolute Gasteiger partial charge is 0.399 e. The van der Waals surface area contributed by atoms with Gasteiger partial charge in [-0.25, -0.2) is 0 Å². The summed E-state index contributed by atoms with van der Waals surface area (Å²) in [6.07, 6.45) is -4.87. The lowest BCUT2D eigenvalue weighted by molar-refractivity contribution is -0.173. The molecule has 126 valence electrons. The second kappa shape index (κ2) is 5.83. The summed E-state index contributed by atoms with van der Waals surface area (Å²) in [4.78, 5) is 10.8. The van der Waals surface area contributed by atoms with E-state index < -0.39 is 30.4 Å². The Labute approximate surface area is 133 Å². The molecule has 0 spiro atoms. The molecule has 0 aromatic heterocycles. The van der Waals surface area contributed by atoms with Gasteiger partial charge in [0.05, 0.1) is 11.2 Å². The maximum atomic E-state index is 12.1. The van der Waals surface area contributed by atoms with Crippen LogP contribution in [0.25, 0.3) is 0 Å². The van der Waals surface area contributed by atoms with E-state index in [9.17, 15) is 18.0 Å². The fourth-order valence-electron chi connectivity index (χ4n) is 2.05. The molecule has 1 saturated heterocycles. The number of alkyl halides is 3. The molecule has 0 atom stereocenters. The van der Waals surface area contributed by atoms with Crippen LogP contribution in [0.2, 0.25) is 0 Å². The standard InChI is InChI=1S/C15H19BF3NO3/c1-13(2)14(3,4)23-16(22-13)11-7-5-10(6-8-11)9-20-12(21)15(17,18)19/h5-8H,9H2,1-4H3,(H,20,21). The number of halogens is 3. The zero-order valence-corrected chi connectivity index (χ0v) is 13.5. The molecule has 1 aliphatic heterocycles. The van der Waals surface area contributed by atoms with E-state index in [0.29, 0.717) is 5.56 Å². The monoisotopic (exact) mass is 329 g/mol. The summed E-state index contributed by atoms with van der Waals surface area (Å²) in [6, 6.07) is 6.71. The van der Waals surface area contributed by atoms with Gasteiger partial charge < -0.3 is 14.6 Å². The molecule has 0 bridgehead atoms. The molecule has 2 rings (SSSR count). The van der Waals surface area contributed by atoms with Crippen molar-refractivity contribution in [3.63, 3.8) is 0 Å². The van der Waals surface area contributed by atoms with Crippen molar-refractivity contribution in [3.05, 3.63) is 29.8 Å². The molecule has 1 aliphatic rings. The van der Waals surface area contributed by atoms with Gasteiger partial charge in [0.1, 0.15) is 0 Å². The predicted octanol–water partition coefficient (Wildman–Crippen LogP) is 2.16. The van der Waals surface area contributed by atoms with E-state index >= 15 is 0 Å². The van der Waals surface area contributed by atoms with Crippen LogP contribution in [0.5, 0.6) is 0 Å². The van der Waals surface area contributed by atoms with E-state index in [4.69, 9.17) is 9.31 Å². The van der Waals surface area contributed by atoms with E-state index in [1.165, 1.54) is 0 Å². The van der Waals surface area contributed by atoms with E-state index in [-0.39, 0.29) is 6.54 Å². The number of rotatable bonds is 3. The van der Waals surface area contributed by atoms with E-state index in [1.807, 2.05) is 33.0 Å². The van der Waals surface area contributed by atoms with E-state index in [2.05, 4.69) is 0 Å². The largest absolute Gasteiger partial charge is 0.494 e. The first-order valence-electron chi connectivity index (χ1n) is 7.22. The summed E-state index contributed by atoms with van der Waals surface area (Å²) in [7, 11) is -0.529. The first-order valence-corrected chi connectivity index (χ1v) is 7.22. The summed E-state index contributed by atoms with van der Waals surface area (Å²) in [6.45, 7) is 7.56. The number of benzene rings is 1. The van der Waals surface area contributed by atoms with Crippen molar-refractivity contribution in [2.24, 2.45) is 0 Å². The number of nitrogens with one attached hydrogen (secondary N) is 1. The molecule has 4 nitrogen and oxygen atoms in total. The average Bonchev–Trinajstić information content (AvgIpc) is 2.64. The molecular formula is C15H19BF3NO3. The predicted molar refractivity (Wildman–Crippen MR) is 80.1 cm³/mol. The van der Waals surface area contributed by atoms with Gasteiger partial charge in [0.2, 0.25) is 0 Å². The SMILES string of the molecule is CC1(C)OB(c2ccc(CNC(=O)C(F)(F)F)cc2)OC1(C)C. The Morgan fingerprint density at radius 2 is 1.57 bits per heavy atom. The third-order valence-corrected chi connectivity index (χ3v) is 4.22. The van der Waals surface area contributed by atoms with Crippen LogP contribution in [0.4, 0.5) is 13.2 Å². The van der Waals surface area contributed by atoms with Gasteiger partial charge in [-0.1, -0.05) is 24.3 Å². The maximum absolute atomic E-state index is 12.1. The number of carbonyl (C=O) groups excluding carboxylic acids is 1. The van der Waals surface area contributed by atoms with Crippen molar-refractivity contribution in [1.29, 1.82) is 0 Å². The van der Waals surface area contributed by atoms with Crippen molar-refractivity contribution in [1.82, 2.24) is 5.32 Å². The molecule has 8 heteroatoms. The molecule has 1 aromatic rings. The number of carbonyl (C=O) groups is 1. The van der Waals surface area contributed by atoms with Gasteiger partial charge in [0.15, 0.2) is 0 Å². The van der Waals surface area contributed by atoms with Gasteiger partial charge in [-0.3, -0.25) is 4.79 Å². The van der Waals surface area contributed by atoms with Crippen molar-refractivity contribution < 1.29 is 27.3 Å². The molecule has 1 fully saturated rings. The topological polar surface area (TPSA) is 47.6 Å². The normalized spacial score (nSPS) is 19.7. The van der Waals surface area contributed by atoms with Crippen LogP contribution in [-0.4, -0.2) is 30.4 Å². The fourth-order valence-corrected chi connectivity index (χ4v) is 2.05. The lowest BCUT2D eigenvalue weighted by Crippen LogP contribution is -2.41. The van der Waals surface area contributed by atoms with Crippen molar-refractivity contribution >= 4 is 18.5 Å². The fraction of sp³-hybridized carbons (Fsp3) is 0.533. The number of hydrogen-bond acceptors (Lipinski definition) is 3. The summed E-state index contributed by atoms with van der Waals surface area (Å²) in [5, 5.41) is 1.83. The third kappa shape index (κ3) is 3.87. The molecule has 1 amide bonds. The molecule has 23 heavy (non-hydrogen) atoms. The van der Waals surface area contributed by atoms with Crippen LogP contribution in [0.15, 0.2) is 24.3 Å². The Morgan fingerprint density at radius 3 is 2.00 bits per heavy atom. The molecule has 0 saturated carbocycles. The van der Waals surface area contributed by atoms with Crippen LogP contribution in [0, 0.1) is 0 Å². The van der Waals surface area contributed by atoms with Gasteiger partial charge in [0.25, 0.3) is 0 Å². The van der Waals surface area contributed by atoms with E-state index in [1.54, 1.807) is 24.3 Å². The summed E-state index contributed by atoms with van der Waals surface area (Å²) in [5.41, 5.74) is 0.408. The van der Waals surface area contributed by atoms with Crippen LogP contribution >= 0.6 is 0 Å². The third-order valence-electron chi connectivity index (χ3n) is 4.22. The Morgan fingerprint density at radius 1 is 1.09 bits per heavy atom. The maximum Gasteiger partial charge on any atom is 0.494 e. The molecule has 0 radical (unpaired) electrons. The Hall–Kier alpha value is -1.54. The zero-order chi connectivity index (χ0) is 17.5. The summed E-state index contributed by atoms with van der Waals surface area (Å²) in [5.74, 6) is -1.95. The summed E-state index contributed by atoms with van der Waals surface area (Å²) < 4.78 is 48.1. The first-order chi connectivity index (χ1) is 10.4. The molecule has 0 aliphatic carbocycles. The van der Waals surface area contributed by atoms with Crippen LogP contribution in [0.1, 0.15) is 33.3 Å². The van der Waals surface area contributed by atoms with Crippen LogP contribution < -0.4 is 10.8 Å². The Kier molecular flexibility index (Phi) is 4.52. The summed E-state index contributed by atoms with van der Waals surface area (Å²) >= 11 is 0. The van der Waals surface area contributed by atoms with Crippen LogP contribution in [0.3, 0.4) is 0 Å². The molecular weight excluding hydrogens is 310 g/mol. The highest BCUT2D eigenvalue weighted by atomic mass is 19.4. The zero-order valence-electron chi connectivity index (χ0n) is 13.5. The minimum atomic E-state index is -4.87. The molecule has 1 heterocycles. The van der Waals surface area contributed by atoms with E-state index in [0.717, 1.165) is 5.46 Å². The van der Waals surface area contributed by atoms with Gasteiger partial charge in [-0.2, -0.15) is 13.2 Å². The Bertz CT molecular complexity index is 569. The van der Waals surface area contributed by atoms with Gasteiger partial charge in [0, 0.05) is 6.54 Å². The number of hydrogen-bond donors (Lipinski definition) is 1. The molecule has 1 aromatic carbocycles. The average molecular weight is 329 g/mol. The van der Waals surface area contributed by atoms with Gasteiger partial charge in [-0.05, 0) is 38.7 Å². The van der Waals surface area contributed by atoms with Crippen molar-refractivity contribution in [2.75, 3.05) is 0 Å². The first kappa shape index (κ1) is 17.8. The highest BCUT2D eigenvalue weighted by Gasteiger charge is 2.51. The van der Waals surface area contributed by atoms with Gasteiger partial charge >= 0.3 is 19.2 Å². The highest BCUT2D eigenvalue weighted by Crippen LogP contribution is 2.36. The van der Waals surface area contributed by atoms with Gasteiger partial charge in [-0.15, -0.1) is 0 Å². The number of amides is 1. The minimum absolute atomic E-state index is 0.192. The highest BCUT2D eigenvalue weighted by molar-refractivity contribution is 6.62. The lowest BCUT2D eigenvalue weighted by atomic mass is 9.79. The molecule has 0 unspecified atom stereocenters. The Balaban J connectivity index is 2.00.